The number of nitro groups is 1. The molecule has 1 heterocycles. The monoisotopic (exact) mass is 503 g/mol. The number of carbonyl (C=O) groups excluding carboxylic acids is 1. The molecule has 0 aliphatic carbocycles. The topological polar surface area (TPSA) is 103 Å². The third kappa shape index (κ3) is 6.42. The molecule has 0 aliphatic heterocycles. The molecule has 0 fully saturated rings. The lowest BCUT2D eigenvalue weighted by Crippen LogP contribution is -2.22. The molecule has 1 aromatic heterocycles. The van der Waals surface area contributed by atoms with Gasteiger partial charge in [0.2, 0.25) is 5.91 Å². The number of halogens is 1. The standard InChI is InChI=1S/C26H22FN5O3S/c1-18-2-11-22(12-3-18)31-24(29-30-26(31)36-17-20-4-9-21(27)10-5-20)16-28-25(33)15-8-19-6-13-23(14-7-19)32(34)35/h2-15H,16-17H2,1H3,(H,28,33). The van der Waals surface area contributed by atoms with Gasteiger partial charge in [-0.1, -0.05) is 41.6 Å². The van der Waals surface area contributed by atoms with E-state index in [1.807, 2.05) is 35.8 Å². The van der Waals surface area contributed by atoms with E-state index in [4.69, 9.17) is 0 Å². The maximum atomic E-state index is 13.2. The molecule has 0 spiro atoms. The lowest BCUT2D eigenvalue weighted by Gasteiger charge is -2.11. The van der Waals surface area contributed by atoms with Crippen molar-refractivity contribution in [1.29, 1.82) is 0 Å². The summed E-state index contributed by atoms with van der Waals surface area (Å²) in [6.45, 7) is 2.14. The van der Waals surface area contributed by atoms with Gasteiger partial charge in [0.15, 0.2) is 11.0 Å². The van der Waals surface area contributed by atoms with Gasteiger partial charge in [0.05, 0.1) is 11.5 Å². The van der Waals surface area contributed by atoms with Crippen molar-refractivity contribution in [2.45, 2.75) is 24.4 Å². The first kappa shape index (κ1) is 24.8. The van der Waals surface area contributed by atoms with Gasteiger partial charge in [0, 0.05) is 29.6 Å². The van der Waals surface area contributed by atoms with E-state index >= 15 is 0 Å². The van der Waals surface area contributed by atoms with Gasteiger partial charge in [-0.3, -0.25) is 19.5 Å². The highest BCUT2D eigenvalue weighted by Crippen LogP contribution is 2.25. The van der Waals surface area contributed by atoms with Gasteiger partial charge in [0.25, 0.3) is 5.69 Å². The number of nitrogens with one attached hydrogen (secondary N) is 1. The number of benzene rings is 3. The Morgan fingerprint density at radius 1 is 1.06 bits per heavy atom. The van der Waals surface area contributed by atoms with Crippen LogP contribution in [0.3, 0.4) is 0 Å². The fraction of sp³-hybridized carbons (Fsp3) is 0.115. The predicted molar refractivity (Wildman–Crippen MR) is 136 cm³/mol. The largest absolute Gasteiger partial charge is 0.345 e. The second kappa shape index (κ2) is 11.4. The van der Waals surface area contributed by atoms with E-state index in [1.165, 1.54) is 42.1 Å². The van der Waals surface area contributed by atoms with Crippen LogP contribution in [0.2, 0.25) is 0 Å². The van der Waals surface area contributed by atoms with E-state index in [9.17, 15) is 19.3 Å². The second-order valence-electron chi connectivity index (χ2n) is 7.88. The molecule has 4 rings (SSSR count). The normalized spacial score (nSPS) is 11.1. The first-order valence-electron chi connectivity index (χ1n) is 11.0. The highest BCUT2D eigenvalue weighted by Gasteiger charge is 2.15. The summed E-state index contributed by atoms with van der Waals surface area (Å²) in [6.07, 6.45) is 2.94. The molecule has 8 nitrogen and oxygen atoms in total. The average Bonchev–Trinajstić information content (AvgIpc) is 3.29. The molecule has 10 heteroatoms. The smallest absolute Gasteiger partial charge is 0.269 e. The maximum Gasteiger partial charge on any atom is 0.269 e. The summed E-state index contributed by atoms with van der Waals surface area (Å²) >= 11 is 1.46. The van der Waals surface area contributed by atoms with E-state index < -0.39 is 4.92 Å². The van der Waals surface area contributed by atoms with Crippen LogP contribution < -0.4 is 5.32 Å². The number of nitro benzene ring substituents is 1. The van der Waals surface area contributed by atoms with Crippen molar-refractivity contribution < 1.29 is 14.1 Å². The molecular weight excluding hydrogens is 481 g/mol. The van der Waals surface area contributed by atoms with Gasteiger partial charge >= 0.3 is 0 Å². The van der Waals surface area contributed by atoms with Gasteiger partial charge in [-0.15, -0.1) is 10.2 Å². The summed E-state index contributed by atoms with van der Waals surface area (Å²) in [5.74, 6) is 0.506. The van der Waals surface area contributed by atoms with Gasteiger partial charge in [0.1, 0.15) is 5.82 Å². The minimum Gasteiger partial charge on any atom is -0.345 e. The Morgan fingerprint density at radius 2 is 1.75 bits per heavy atom. The Morgan fingerprint density at radius 3 is 2.42 bits per heavy atom. The van der Waals surface area contributed by atoms with Crippen LogP contribution in [-0.2, 0) is 17.1 Å². The third-order valence-electron chi connectivity index (χ3n) is 5.23. The van der Waals surface area contributed by atoms with E-state index in [2.05, 4.69) is 15.5 Å². The summed E-state index contributed by atoms with van der Waals surface area (Å²) in [7, 11) is 0. The summed E-state index contributed by atoms with van der Waals surface area (Å²) in [4.78, 5) is 22.7. The number of aryl methyl sites for hydroxylation is 1. The summed E-state index contributed by atoms with van der Waals surface area (Å²) in [5, 5.41) is 22.8. The van der Waals surface area contributed by atoms with Crippen LogP contribution in [0.25, 0.3) is 11.8 Å². The summed E-state index contributed by atoms with van der Waals surface area (Å²) in [5.41, 5.74) is 3.57. The molecule has 4 aromatic rings. The molecule has 1 amide bonds. The summed E-state index contributed by atoms with van der Waals surface area (Å²) in [6, 6.07) is 20.1. The van der Waals surface area contributed by atoms with Crippen molar-refractivity contribution in [3.05, 3.63) is 117 Å². The molecule has 1 N–H and O–H groups in total. The van der Waals surface area contributed by atoms with Crippen molar-refractivity contribution in [2.75, 3.05) is 0 Å². The van der Waals surface area contributed by atoms with E-state index in [0.717, 1.165) is 16.8 Å². The van der Waals surface area contributed by atoms with Crippen LogP contribution in [0.4, 0.5) is 10.1 Å². The zero-order chi connectivity index (χ0) is 25.5. The van der Waals surface area contributed by atoms with Crippen LogP contribution in [0, 0.1) is 22.9 Å². The number of aromatic nitrogens is 3. The van der Waals surface area contributed by atoms with Crippen molar-refractivity contribution in [3.8, 4) is 5.69 Å². The molecule has 0 bridgehead atoms. The van der Waals surface area contributed by atoms with Gasteiger partial charge in [-0.25, -0.2) is 4.39 Å². The molecule has 36 heavy (non-hydrogen) atoms. The lowest BCUT2D eigenvalue weighted by atomic mass is 10.2. The van der Waals surface area contributed by atoms with E-state index in [1.54, 1.807) is 30.3 Å². The quantitative estimate of drug-likeness (QED) is 0.145. The summed E-state index contributed by atoms with van der Waals surface area (Å²) < 4.78 is 15.1. The first-order valence-corrected chi connectivity index (χ1v) is 12.0. The fourth-order valence-corrected chi connectivity index (χ4v) is 4.22. The SMILES string of the molecule is Cc1ccc(-n2c(CNC(=O)C=Cc3ccc([N+](=O)[O-])cc3)nnc2SCc2ccc(F)cc2)cc1. The Hall–Kier alpha value is -4.31. The Bertz CT molecular complexity index is 1380. The maximum absolute atomic E-state index is 13.2. The number of rotatable bonds is 9. The highest BCUT2D eigenvalue weighted by atomic mass is 32.2. The fourth-order valence-electron chi connectivity index (χ4n) is 3.29. The van der Waals surface area contributed by atoms with Crippen molar-refractivity contribution in [1.82, 2.24) is 20.1 Å². The van der Waals surface area contributed by atoms with Crippen molar-refractivity contribution in [3.63, 3.8) is 0 Å². The lowest BCUT2D eigenvalue weighted by molar-refractivity contribution is -0.384. The van der Waals surface area contributed by atoms with Crippen LogP contribution in [0.15, 0.2) is 84.0 Å². The first-order chi connectivity index (χ1) is 17.4. The molecule has 0 unspecified atom stereocenters. The predicted octanol–water partition coefficient (Wildman–Crippen LogP) is 5.24. The Labute approximate surface area is 211 Å². The van der Waals surface area contributed by atoms with Crippen molar-refractivity contribution in [2.24, 2.45) is 0 Å². The zero-order valence-electron chi connectivity index (χ0n) is 19.3. The zero-order valence-corrected chi connectivity index (χ0v) is 20.1. The number of amides is 1. The van der Waals surface area contributed by atoms with Crippen molar-refractivity contribution >= 4 is 29.4 Å². The molecule has 0 aliphatic rings. The molecular formula is C26H22FN5O3S. The second-order valence-corrected chi connectivity index (χ2v) is 8.83. The van der Waals surface area contributed by atoms with Crippen LogP contribution in [0.1, 0.15) is 22.5 Å². The van der Waals surface area contributed by atoms with E-state index in [0.29, 0.717) is 22.3 Å². The number of nitrogens with zero attached hydrogens (tertiary/aromatic N) is 4. The minimum atomic E-state index is -0.476. The molecule has 0 saturated carbocycles. The highest BCUT2D eigenvalue weighted by molar-refractivity contribution is 7.98. The Balaban J connectivity index is 1.47. The van der Waals surface area contributed by atoms with Gasteiger partial charge < -0.3 is 5.32 Å². The molecule has 0 radical (unpaired) electrons. The minimum absolute atomic E-state index is 0.0138. The van der Waals surface area contributed by atoms with Crippen LogP contribution in [0.5, 0.6) is 0 Å². The number of hydrogen-bond acceptors (Lipinski definition) is 6. The van der Waals surface area contributed by atoms with E-state index in [-0.39, 0.29) is 24.0 Å². The molecule has 3 aromatic carbocycles. The molecule has 0 saturated heterocycles. The van der Waals surface area contributed by atoms with Crippen LogP contribution >= 0.6 is 11.8 Å². The number of thioether (sulfide) groups is 1. The third-order valence-corrected chi connectivity index (χ3v) is 6.23. The molecule has 182 valence electrons. The number of non-ortho nitro benzene ring substituents is 1. The van der Waals surface area contributed by atoms with Gasteiger partial charge in [-0.2, -0.15) is 0 Å². The Kier molecular flexibility index (Phi) is 7.86. The van der Waals surface area contributed by atoms with Crippen LogP contribution in [-0.4, -0.2) is 25.6 Å². The van der Waals surface area contributed by atoms with Gasteiger partial charge in [-0.05, 0) is 60.5 Å². The number of hydrogen-bond donors (Lipinski definition) is 1. The number of carbonyl (C=O) groups is 1. The average molecular weight is 504 g/mol. The molecule has 0 atom stereocenters.